The number of amides is 1. The van der Waals surface area contributed by atoms with E-state index in [1.54, 1.807) is 23.4 Å². The third kappa shape index (κ3) is 3.01. The molecule has 5 heterocycles. The van der Waals surface area contributed by atoms with Crippen molar-refractivity contribution >= 4 is 17.4 Å². The largest absolute Gasteiger partial charge is 0.356 e. The van der Waals surface area contributed by atoms with Gasteiger partial charge >= 0.3 is 0 Å². The van der Waals surface area contributed by atoms with Crippen LogP contribution in [0, 0.1) is 24.1 Å². The lowest BCUT2D eigenvalue weighted by Crippen LogP contribution is -2.50. The van der Waals surface area contributed by atoms with Gasteiger partial charge in [0.2, 0.25) is 0 Å². The molecule has 3 aromatic rings. The lowest BCUT2D eigenvalue weighted by Gasteiger charge is -2.38. The highest BCUT2D eigenvalue weighted by Gasteiger charge is 2.58. The summed E-state index contributed by atoms with van der Waals surface area (Å²) in [5.41, 5.74) is 1.92. The van der Waals surface area contributed by atoms with E-state index in [1.165, 1.54) is 12.1 Å². The van der Waals surface area contributed by atoms with E-state index >= 15 is 0 Å². The Morgan fingerprint density at radius 2 is 2.06 bits per heavy atom. The molecule has 3 fully saturated rings. The number of fused-ring (bicyclic) bond motifs is 2. The first-order valence-corrected chi connectivity index (χ1v) is 11.2. The molecule has 2 aromatic heterocycles. The van der Waals surface area contributed by atoms with Crippen molar-refractivity contribution in [1.82, 2.24) is 19.5 Å². The van der Waals surface area contributed by atoms with Crippen LogP contribution in [0.25, 0.3) is 5.65 Å². The average Bonchev–Trinajstić information content (AvgIpc) is 3.48. The van der Waals surface area contributed by atoms with Gasteiger partial charge in [0.15, 0.2) is 11.2 Å². The number of benzene rings is 1. The summed E-state index contributed by atoms with van der Waals surface area (Å²) >= 11 is 0. The molecule has 33 heavy (non-hydrogen) atoms. The van der Waals surface area contributed by atoms with Crippen molar-refractivity contribution in [3.8, 4) is 6.07 Å². The number of nitrogens with zero attached hydrogens (tertiary/aromatic N) is 6. The van der Waals surface area contributed by atoms with Gasteiger partial charge in [-0.05, 0) is 49.6 Å². The van der Waals surface area contributed by atoms with Crippen LogP contribution in [-0.4, -0.2) is 50.3 Å². The van der Waals surface area contributed by atoms with Gasteiger partial charge in [0, 0.05) is 37.7 Å². The van der Waals surface area contributed by atoms with Crippen LogP contribution in [0.15, 0.2) is 36.7 Å². The molecule has 0 saturated carbocycles. The molecule has 1 amide bonds. The lowest BCUT2D eigenvalue weighted by atomic mass is 9.89. The molecule has 9 heteroatoms. The Hall–Kier alpha value is -3.51. The Labute approximate surface area is 190 Å². The SMILES string of the molecule is Cc1cnn2c(N3CCC4(CC3)O[C@@H]3CC[C@@H](c5cc(F)cc(C#N)c5)N3C4=O)ccnc12. The van der Waals surface area contributed by atoms with Crippen LogP contribution < -0.4 is 4.90 Å². The van der Waals surface area contributed by atoms with Gasteiger partial charge in [0.1, 0.15) is 17.9 Å². The predicted molar refractivity (Wildman–Crippen MR) is 117 cm³/mol. The average molecular weight is 446 g/mol. The molecule has 1 aromatic carbocycles. The molecule has 3 saturated heterocycles. The molecule has 6 rings (SSSR count). The zero-order valence-electron chi connectivity index (χ0n) is 18.2. The smallest absolute Gasteiger partial charge is 0.257 e. The number of rotatable bonds is 2. The van der Waals surface area contributed by atoms with Gasteiger partial charge in [-0.2, -0.15) is 14.9 Å². The molecule has 8 nitrogen and oxygen atoms in total. The normalized spacial score (nSPS) is 24.0. The number of hydrogen-bond acceptors (Lipinski definition) is 6. The monoisotopic (exact) mass is 446 g/mol. The van der Waals surface area contributed by atoms with Crippen molar-refractivity contribution in [2.24, 2.45) is 0 Å². The number of hydrogen-bond donors (Lipinski definition) is 0. The minimum Gasteiger partial charge on any atom is -0.356 e. The van der Waals surface area contributed by atoms with Gasteiger partial charge in [-0.25, -0.2) is 9.37 Å². The number of halogens is 1. The number of nitriles is 1. The molecule has 2 atom stereocenters. The van der Waals surface area contributed by atoms with Gasteiger partial charge < -0.3 is 14.5 Å². The van der Waals surface area contributed by atoms with Gasteiger partial charge in [0.25, 0.3) is 5.91 Å². The number of carbonyl (C=O) groups excluding carboxylic acids is 1. The van der Waals surface area contributed by atoms with Gasteiger partial charge in [-0.1, -0.05) is 0 Å². The van der Waals surface area contributed by atoms with Gasteiger partial charge in [-0.15, -0.1) is 0 Å². The maximum absolute atomic E-state index is 14.1. The van der Waals surface area contributed by atoms with E-state index in [9.17, 15) is 14.4 Å². The molecule has 0 unspecified atom stereocenters. The summed E-state index contributed by atoms with van der Waals surface area (Å²) in [6.45, 7) is 3.30. The molecular weight excluding hydrogens is 423 g/mol. The first-order chi connectivity index (χ1) is 16.0. The Balaban J connectivity index is 1.24. The zero-order chi connectivity index (χ0) is 22.7. The van der Waals surface area contributed by atoms with Gasteiger partial charge in [-0.3, -0.25) is 4.79 Å². The lowest BCUT2D eigenvalue weighted by molar-refractivity contribution is -0.140. The van der Waals surface area contributed by atoms with E-state index in [1.807, 2.05) is 23.6 Å². The third-order valence-electron chi connectivity index (χ3n) is 7.21. The first kappa shape index (κ1) is 20.1. The highest BCUT2D eigenvalue weighted by Crippen LogP contribution is 2.48. The Bertz CT molecular complexity index is 1310. The fourth-order valence-electron chi connectivity index (χ4n) is 5.57. The van der Waals surface area contributed by atoms with E-state index in [0.29, 0.717) is 44.3 Å². The molecule has 3 aliphatic heterocycles. The summed E-state index contributed by atoms with van der Waals surface area (Å²) in [6.07, 6.45) is 5.84. The maximum Gasteiger partial charge on any atom is 0.257 e. The van der Waals surface area contributed by atoms with Crippen LogP contribution >= 0.6 is 0 Å². The van der Waals surface area contributed by atoms with Crippen molar-refractivity contribution < 1.29 is 13.9 Å². The van der Waals surface area contributed by atoms with E-state index < -0.39 is 11.4 Å². The molecular formula is C24H23FN6O2. The second kappa shape index (κ2) is 7.25. The van der Waals surface area contributed by atoms with Crippen molar-refractivity contribution in [1.29, 1.82) is 5.26 Å². The molecule has 1 spiro atoms. The number of ether oxygens (including phenoxy) is 1. The number of aromatic nitrogens is 3. The fraction of sp³-hybridized carbons (Fsp3) is 0.417. The Kier molecular flexibility index (Phi) is 4.42. The zero-order valence-corrected chi connectivity index (χ0v) is 18.2. The molecule has 0 bridgehead atoms. The topological polar surface area (TPSA) is 86.8 Å². The van der Waals surface area contributed by atoms with Crippen molar-refractivity contribution in [2.75, 3.05) is 18.0 Å². The highest BCUT2D eigenvalue weighted by atomic mass is 19.1. The summed E-state index contributed by atoms with van der Waals surface area (Å²) in [7, 11) is 0. The van der Waals surface area contributed by atoms with Crippen LogP contribution in [0.1, 0.15) is 48.4 Å². The highest BCUT2D eigenvalue weighted by molar-refractivity contribution is 5.88. The molecule has 0 radical (unpaired) electrons. The van der Waals surface area contributed by atoms with E-state index in [-0.39, 0.29) is 23.7 Å². The summed E-state index contributed by atoms with van der Waals surface area (Å²) in [4.78, 5) is 22.1. The van der Waals surface area contributed by atoms with E-state index in [0.717, 1.165) is 17.0 Å². The molecule has 0 aliphatic carbocycles. The summed E-state index contributed by atoms with van der Waals surface area (Å²) < 4.78 is 22.3. The van der Waals surface area contributed by atoms with Crippen LogP contribution in [0.3, 0.4) is 0 Å². The number of piperidine rings is 1. The van der Waals surface area contributed by atoms with Crippen LogP contribution in [0.4, 0.5) is 10.2 Å². The number of carbonyl (C=O) groups is 1. The molecule has 0 N–H and O–H groups in total. The van der Waals surface area contributed by atoms with Crippen LogP contribution in [0.2, 0.25) is 0 Å². The first-order valence-electron chi connectivity index (χ1n) is 11.2. The number of anilines is 1. The quantitative estimate of drug-likeness (QED) is 0.601. The van der Waals surface area contributed by atoms with Crippen molar-refractivity contribution in [2.45, 2.75) is 50.5 Å². The van der Waals surface area contributed by atoms with Gasteiger partial charge in [0.05, 0.1) is 23.9 Å². The van der Waals surface area contributed by atoms with E-state index in [4.69, 9.17) is 4.74 Å². The van der Waals surface area contributed by atoms with Crippen molar-refractivity contribution in [3.63, 3.8) is 0 Å². The standard InChI is InChI=1S/C24H23FN6O2/c1-15-14-28-31-20(4-7-27-22(15)31)29-8-5-24(6-9-29)23(32)30-19(2-3-21(30)33-24)17-10-16(13-26)11-18(25)12-17/h4,7,10-12,14,19,21H,2-3,5-6,8-9H2,1H3/t19-,21+/m0/s1. The molecule has 168 valence electrons. The summed E-state index contributed by atoms with van der Waals surface area (Å²) in [6, 6.07) is 8.00. The van der Waals surface area contributed by atoms with E-state index in [2.05, 4.69) is 15.0 Å². The summed E-state index contributed by atoms with van der Waals surface area (Å²) in [5.74, 6) is 0.475. The minimum absolute atomic E-state index is 0.0211. The Morgan fingerprint density at radius 1 is 1.24 bits per heavy atom. The fourth-order valence-corrected chi connectivity index (χ4v) is 5.57. The number of aryl methyl sites for hydroxylation is 1. The maximum atomic E-state index is 14.1. The van der Waals surface area contributed by atoms with Crippen LogP contribution in [-0.2, 0) is 9.53 Å². The van der Waals surface area contributed by atoms with Crippen LogP contribution in [0.5, 0.6) is 0 Å². The predicted octanol–water partition coefficient (Wildman–Crippen LogP) is 3.11. The second-order valence-corrected chi connectivity index (χ2v) is 9.11. The summed E-state index contributed by atoms with van der Waals surface area (Å²) in [5, 5.41) is 13.7. The van der Waals surface area contributed by atoms with Crippen molar-refractivity contribution in [3.05, 3.63) is 59.2 Å². The third-order valence-corrected chi connectivity index (χ3v) is 7.21. The second-order valence-electron chi connectivity index (χ2n) is 9.11. The Morgan fingerprint density at radius 3 is 2.85 bits per heavy atom. The minimum atomic E-state index is -0.850. The molecule has 3 aliphatic rings.